The van der Waals surface area contributed by atoms with Crippen molar-refractivity contribution >= 4 is 0 Å². The normalized spacial score (nSPS) is 16.4. The summed E-state index contributed by atoms with van der Waals surface area (Å²) in [5, 5.41) is 3.42. The van der Waals surface area contributed by atoms with Crippen molar-refractivity contribution in [2.75, 3.05) is 20.3 Å². The fraction of sp³-hybridized carbons (Fsp3) is 0.600. The number of hydrogen-bond acceptors (Lipinski definition) is 3. The van der Waals surface area contributed by atoms with Crippen molar-refractivity contribution < 1.29 is 9.47 Å². The molecule has 0 radical (unpaired) electrons. The summed E-state index contributed by atoms with van der Waals surface area (Å²) in [6.45, 7) is 6.06. The summed E-state index contributed by atoms with van der Waals surface area (Å²) in [4.78, 5) is 0. The van der Waals surface area contributed by atoms with Crippen LogP contribution in [-0.4, -0.2) is 20.3 Å². The van der Waals surface area contributed by atoms with Gasteiger partial charge in [-0.15, -0.1) is 0 Å². The lowest BCUT2D eigenvalue weighted by molar-refractivity contribution is 0.292. The van der Waals surface area contributed by atoms with Crippen LogP contribution in [0.15, 0.2) is 18.2 Å². The van der Waals surface area contributed by atoms with E-state index in [1.807, 2.05) is 12.1 Å². The highest BCUT2D eigenvalue weighted by atomic mass is 16.5. The highest BCUT2D eigenvalue weighted by Gasteiger charge is 2.23. The van der Waals surface area contributed by atoms with Crippen LogP contribution in [0.2, 0.25) is 0 Å². The van der Waals surface area contributed by atoms with E-state index in [1.54, 1.807) is 7.11 Å². The predicted molar refractivity (Wildman–Crippen MR) is 73.3 cm³/mol. The molecule has 2 rings (SSSR count). The Kier molecular flexibility index (Phi) is 4.48. The summed E-state index contributed by atoms with van der Waals surface area (Å²) in [5.74, 6) is 2.57. The lowest BCUT2D eigenvalue weighted by Gasteiger charge is -2.18. The van der Waals surface area contributed by atoms with Crippen LogP contribution in [-0.2, 0) is 0 Å². The van der Waals surface area contributed by atoms with Crippen molar-refractivity contribution in [2.24, 2.45) is 5.92 Å². The summed E-state index contributed by atoms with van der Waals surface area (Å²) < 4.78 is 11.2. The number of rotatable bonds is 7. The zero-order chi connectivity index (χ0) is 13.0. The summed E-state index contributed by atoms with van der Waals surface area (Å²) >= 11 is 0. The van der Waals surface area contributed by atoms with E-state index in [2.05, 4.69) is 25.2 Å². The van der Waals surface area contributed by atoms with Crippen molar-refractivity contribution in [1.82, 2.24) is 5.32 Å². The molecule has 0 aliphatic heterocycles. The lowest BCUT2D eigenvalue weighted by atomic mass is 10.1. The van der Waals surface area contributed by atoms with Crippen molar-refractivity contribution in [3.05, 3.63) is 23.8 Å². The molecule has 1 aromatic rings. The number of methoxy groups -OCH3 is 1. The highest BCUT2D eigenvalue weighted by Crippen LogP contribution is 2.33. The van der Waals surface area contributed by atoms with Crippen LogP contribution in [0.5, 0.6) is 11.5 Å². The number of ether oxygens (including phenoxy) is 2. The topological polar surface area (TPSA) is 30.5 Å². The van der Waals surface area contributed by atoms with E-state index in [9.17, 15) is 0 Å². The van der Waals surface area contributed by atoms with Crippen LogP contribution >= 0.6 is 0 Å². The van der Waals surface area contributed by atoms with Gasteiger partial charge in [-0.25, -0.2) is 0 Å². The van der Waals surface area contributed by atoms with Gasteiger partial charge in [-0.3, -0.25) is 0 Å². The van der Waals surface area contributed by atoms with Gasteiger partial charge < -0.3 is 14.8 Å². The molecular weight excluding hydrogens is 226 g/mol. The minimum atomic E-state index is 0.301. The molecule has 1 atom stereocenters. The van der Waals surface area contributed by atoms with Crippen LogP contribution in [0, 0.1) is 5.92 Å². The molecule has 0 aromatic heterocycles. The van der Waals surface area contributed by atoms with E-state index in [0.717, 1.165) is 30.6 Å². The van der Waals surface area contributed by atoms with E-state index in [0.29, 0.717) is 6.04 Å². The molecule has 0 bridgehead atoms. The molecule has 0 amide bonds. The van der Waals surface area contributed by atoms with Crippen LogP contribution in [0.25, 0.3) is 0 Å². The van der Waals surface area contributed by atoms with Crippen molar-refractivity contribution in [2.45, 2.75) is 32.7 Å². The van der Waals surface area contributed by atoms with Gasteiger partial charge >= 0.3 is 0 Å². The van der Waals surface area contributed by atoms with Crippen LogP contribution in [0.4, 0.5) is 0 Å². The monoisotopic (exact) mass is 249 g/mol. The van der Waals surface area contributed by atoms with Gasteiger partial charge in [0.2, 0.25) is 0 Å². The second kappa shape index (κ2) is 6.10. The van der Waals surface area contributed by atoms with E-state index in [4.69, 9.17) is 9.47 Å². The minimum Gasteiger partial charge on any atom is -0.497 e. The SMILES string of the molecule is CCNC(C)c1ccc(OC)cc1OCC1CC1. The third kappa shape index (κ3) is 3.39. The number of nitrogens with one attached hydrogen (secondary N) is 1. The molecule has 18 heavy (non-hydrogen) atoms. The lowest BCUT2D eigenvalue weighted by Crippen LogP contribution is -2.18. The van der Waals surface area contributed by atoms with Crippen molar-refractivity contribution in [3.63, 3.8) is 0 Å². The average molecular weight is 249 g/mol. The maximum Gasteiger partial charge on any atom is 0.127 e. The molecule has 1 aliphatic rings. The summed E-state index contributed by atoms with van der Waals surface area (Å²) in [7, 11) is 1.69. The summed E-state index contributed by atoms with van der Waals surface area (Å²) in [5.41, 5.74) is 1.21. The standard InChI is InChI=1S/C15H23NO2/c1-4-16-11(2)14-8-7-13(17-3)9-15(14)18-10-12-5-6-12/h7-9,11-12,16H,4-6,10H2,1-3H3. The Bertz CT molecular complexity index is 388. The van der Waals surface area contributed by atoms with Gasteiger partial charge in [0.1, 0.15) is 11.5 Å². The van der Waals surface area contributed by atoms with Gasteiger partial charge in [-0.05, 0) is 38.3 Å². The van der Waals surface area contributed by atoms with Crippen molar-refractivity contribution in [3.8, 4) is 11.5 Å². The fourth-order valence-corrected chi connectivity index (χ4v) is 2.03. The Morgan fingerprint density at radius 2 is 2.17 bits per heavy atom. The molecule has 0 spiro atoms. The maximum absolute atomic E-state index is 5.95. The van der Waals surface area contributed by atoms with E-state index >= 15 is 0 Å². The first kappa shape index (κ1) is 13.2. The largest absolute Gasteiger partial charge is 0.497 e. The second-order valence-corrected chi connectivity index (χ2v) is 4.94. The van der Waals surface area contributed by atoms with Crippen LogP contribution < -0.4 is 14.8 Å². The quantitative estimate of drug-likeness (QED) is 0.805. The van der Waals surface area contributed by atoms with Crippen LogP contribution in [0.1, 0.15) is 38.3 Å². The van der Waals surface area contributed by atoms with E-state index in [-0.39, 0.29) is 0 Å². The van der Waals surface area contributed by atoms with Crippen LogP contribution in [0.3, 0.4) is 0 Å². The fourth-order valence-electron chi connectivity index (χ4n) is 2.03. The molecule has 3 nitrogen and oxygen atoms in total. The Balaban J connectivity index is 2.13. The zero-order valence-corrected chi connectivity index (χ0v) is 11.5. The first-order valence-electron chi connectivity index (χ1n) is 6.78. The molecule has 1 aromatic carbocycles. The van der Waals surface area contributed by atoms with Crippen molar-refractivity contribution in [1.29, 1.82) is 0 Å². The molecule has 1 unspecified atom stereocenters. The molecular formula is C15H23NO2. The summed E-state index contributed by atoms with van der Waals surface area (Å²) in [6, 6.07) is 6.38. The Labute approximate surface area is 109 Å². The first-order valence-corrected chi connectivity index (χ1v) is 6.78. The van der Waals surface area contributed by atoms with Gasteiger partial charge in [0, 0.05) is 17.7 Å². The maximum atomic E-state index is 5.95. The molecule has 3 heteroatoms. The van der Waals surface area contributed by atoms with E-state index in [1.165, 1.54) is 18.4 Å². The summed E-state index contributed by atoms with van der Waals surface area (Å²) in [6.07, 6.45) is 2.62. The highest BCUT2D eigenvalue weighted by molar-refractivity contribution is 5.42. The van der Waals surface area contributed by atoms with Gasteiger partial charge in [-0.1, -0.05) is 13.0 Å². The molecule has 1 saturated carbocycles. The van der Waals surface area contributed by atoms with Gasteiger partial charge in [-0.2, -0.15) is 0 Å². The minimum absolute atomic E-state index is 0.301. The molecule has 1 N–H and O–H groups in total. The number of benzene rings is 1. The molecule has 100 valence electrons. The third-order valence-corrected chi connectivity index (χ3v) is 3.37. The Hall–Kier alpha value is -1.22. The zero-order valence-electron chi connectivity index (χ0n) is 11.5. The number of hydrogen-bond donors (Lipinski definition) is 1. The first-order chi connectivity index (χ1) is 8.74. The van der Waals surface area contributed by atoms with Gasteiger partial charge in [0.25, 0.3) is 0 Å². The van der Waals surface area contributed by atoms with Gasteiger partial charge in [0.15, 0.2) is 0 Å². The predicted octanol–water partition coefficient (Wildman–Crippen LogP) is 3.15. The van der Waals surface area contributed by atoms with Gasteiger partial charge in [0.05, 0.1) is 13.7 Å². The smallest absolute Gasteiger partial charge is 0.127 e. The third-order valence-electron chi connectivity index (χ3n) is 3.37. The molecule has 0 saturated heterocycles. The average Bonchev–Trinajstić information content (AvgIpc) is 3.20. The molecule has 0 heterocycles. The molecule has 1 fully saturated rings. The second-order valence-electron chi connectivity index (χ2n) is 4.94. The Morgan fingerprint density at radius 1 is 1.39 bits per heavy atom. The van der Waals surface area contributed by atoms with E-state index < -0.39 is 0 Å². The Morgan fingerprint density at radius 3 is 2.78 bits per heavy atom. The molecule has 1 aliphatic carbocycles.